The Bertz CT molecular complexity index is 467. The van der Waals surface area contributed by atoms with Crippen LogP contribution < -0.4 is 15.4 Å². The maximum Gasteiger partial charge on any atom is 0.124 e. The monoisotopic (exact) mass is 276 g/mol. The summed E-state index contributed by atoms with van der Waals surface area (Å²) in [7, 11) is 1.66. The lowest BCUT2D eigenvalue weighted by Gasteiger charge is -2.36. The van der Waals surface area contributed by atoms with E-state index in [-0.39, 0.29) is 5.84 Å². The van der Waals surface area contributed by atoms with Gasteiger partial charge in [-0.25, -0.2) is 0 Å². The van der Waals surface area contributed by atoms with E-state index >= 15 is 0 Å². The van der Waals surface area contributed by atoms with E-state index in [4.69, 9.17) is 15.9 Å². The summed E-state index contributed by atoms with van der Waals surface area (Å²) in [6, 6.07) is 5.70. The molecule has 0 aromatic heterocycles. The van der Waals surface area contributed by atoms with Crippen LogP contribution in [-0.2, 0) is 0 Å². The maximum atomic E-state index is 7.73. The van der Waals surface area contributed by atoms with Gasteiger partial charge in [-0.15, -0.1) is 0 Å². The molecule has 110 valence electrons. The predicted octanol–water partition coefficient (Wildman–Crippen LogP) is 1.51. The van der Waals surface area contributed by atoms with Crippen LogP contribution in [-0.4, -0.2) is 50.6 Å². The standard InChI is InChI=1S/C15H24N4O/c1-3-6-18-7-9-19(10-8-18)14-11-12(20-2)4-5-13(14)15(16)17/h4-5,11H,3,6-10H2,1-2H3,(H3,16,17). The van der Waals surface area contributed by atoms with Crippen molar-refractivity contribution in [2.24, 2.45) is 5.73 Å². The number of hydrogen-bond donors (Lipinski definition) is 2. The van der Waals surface area contributed by atoms with Gasteiger partial charge in [0, 0.05) is 37.8 Å². The molecule has 2 rings (SSSR count). The smallest absolute Gasteiger partial charge is 0.124 e. The van der Waals surface area contributed by atoms with Crippen LogP contribution in [0.1, 0.15) is 18.9 Å². The summed E-state index contributed by atoms with van der Waals surface area (Å²) in [5, 5.41) is 7.73. The lowest BCUT2D eigenvalue weighted by Crippen LogP contribution is -2.47. The quantitative estimate of drug-likeness (QED) is 0.632. The van der Waals surface area contributed by atoms with Gasteiger partial charge >= 0.3 is 0 Å². The Kier molecular flexibility index (Phi) is 4.84. The first-order valence-electron chi connectivity index (χ1n) is 7.15. The van der Waals surface area contributed by atoms with Crippen LogP contribution in [0.4, 0.5) is 5.69 Å². The summed E-state index contributed by atoms with van der Waals surface area (Å²) in [6.07, 6.45) is 1.19. The molecule has 0 bridgehead atoms. The van der Waals surface area contributed by atoms with E-state index in [9.17, 15) is 0 Å². The summed E-state index contributed by atoms with van der Waals surface area (Å²) in [4.78, 5) is 4.77. The highest BCUT2D eigenvalue weighted by Gasteiger charge is 2.20. The van der Waals surface area contributed by atoms with Crippen LogP contribution in [0.25, 0.3) is 0 Å². The Morgan fingerprint density at radius 3 is 2.55 bits per heavy atom. The lowest BCUT2D eigenvalue weighted by atomic mass is 10.1. The van der Waals surface area contributed by atoms with Gasteiger partial charge in [0.05, 0.1) is 12.8 Å². The zero-order valence-electron chi connectivity index (χ0n) is 12.4. The number of ether oxygens (including phenoxy) is 1. The molecule has 1 aromatic rings. The Balaban J connectivity index is 2.17. The van der Waals surface area contributed by atoms with Crippen molar-refractivity contribution in [1.29, 1.82) is 5.41 Å². The second kappa shape index (κ2) is 6.61. The fourth-order valence-corrected chi connectivity index (χ4v) is 2.66. The van der Waals surface area contributed by atoms with E-state index in [0.29, 0.717) is 0 Å². The number of nitrogens with one attached hydrogen (secondary N) is 1. The van der Waals surface area contributed by atoms with E-state index in [1.165, 1.54) is 6.42 Å². The molecule has 0 radical (unpaired) electrons. The minimum Gasteiger partial charge on any atom is -0.497 e. The van der Waals surface area contributed by atoms with Gasteiger partial charge in [-0.2, -0.15) is 0 Å². The molecule has 1 aromatic carbocycles. The number of benzene rings is 1. The number of rotatable bonds is 5. The van der Waals surface area contributed by atoms with Crippen LogP contribution in [0.15, 0.2) is 18.2 Å². The van der Waals surface area contributed by atoms with Crippen LogP contribution in [0.2, 0.25) is 0 Å². The second-order valence-electron chi connectivity index (χ2n) is 5.13. The Morgan fingerprint density at radius 1 is 1.30 bits per heavy atom. The number of nitrogens with two attached hydrogens (primary N) is 1. The average Bonchev–Trinajstić information content (AvgIpc) is 2.47. The van der Waals surface area contributed by atoms with Crippen molar-refractivity contribution in [3.63, 3.8) is 0 Å². The van der Waals surface area contributed by atoms with Crippen molar-refractivity contribution in [2.45, 2.75) is 13.3 Å². The molecule has 1 aliphatic heterocycles. The maximum absolute atomic E-state index is 7.73. The number of nitrogens with zero attached hydrogens (tertiary/aromatic N) is 2. The van der Waals surface area contributed by atoms with E-state index in [1.54, 1.807) is 7.11 Å². The summed E-state index contributed by atoms with van der Waals surface area (Å²) in [5.74, 6) is 0.916. The zero-order chi connectivity index (χ0) is 14.5. The van der Waals surface area contributed by atoms with E-state index in [0.717, 1.165) is 49.7 Å². The first kappa shape index (κ1) is 14.7. The molecule has 1 aliphatic rings. The average molecular weight is 276 g/mol. The van der Waals surface area contributed by atoms with Gasteiger partial charge < -0.3 is 15.4 Å². The minimum absolute atomic E-state index is 0.110. The van der Waals surface area contributed by atoms with Crippen LogP contribution in [0.3, 0.4) is 0 Å². The molecule has 3 N–H and O–H groups in total. The molecule has 0 aliphatic carbocycles. The Labute approximate surface area is 120 Å². The van der Waals surface area contributed by atoms with Crippen LogP contribution in [0, 0.1) is 5.41 Å². The molecule has 1 fully saturated rings. The van der Waals surface area contributed by atoms with Crippen molar-refractivity contribution >= 4 is 11.5 Å². The number of nitrogen functional groups attached to an aromatic ring is 1. The third-order valence-electron chi connectivity index (χ3n) is 3.75. The molecule has 20 heavy (non-hydrogen) atoms. The zero-order valence-corrected chi connectivity index (χ0v) is 12.4. The SMILES string of the molecule is CCCN1CCN(c2cc(OC)ccc2C(=N)N)CC1. The molecular formula is C15H24N4O. The van der Waals surface area contributed by atoms with Crippen LogP contribution >= 0.6 is 0 Å². The molecule has 0 atom stereocenters. The third kappa shape index (κ3) is 3.22. The first-order valence-corrected chi connectivity index (χ1v) is 7.15. The van der Waals surface area contributed by atoms with Crippen molar-refractivity contribution < 1.29 is 4.74 Å². The van der Waals surface area contributed by atoms with Gasteiger partial charge in [0.15, 0.2) is 0 Å². The summed E-state index contributed by atoms with van der Waals surface area (Å²) in [5.41, 5.74) is 7.49. The molecule has 5 nitrogen and oxygen atoms in total. The summed E-state index contributed by atoms with van der Waals surface area (Å²) >= 11 is 0. The normalized spacial score (nSPS) is 16.2. The van der Waals surface area contributed by atoms with Crippen molar-refractivity contribution in [3.8, 4) is 5.75 Å². The second-order valence-corrected chi connectivity index (χ2v) is 5.13. The molecule has 1 saturated heterocycles. The van der Waals surface area contributed by atoms with E-state index < -0.39 is 0 Å². The van der Waals surface area contributed by atoms with Crippen LogP contribution in [0.5, 0.6) is 5.75 Å². The number of amidine groups is 1. The van der Waals surface area contributed by atoms with Crippen molar-refractivity contribution in [1.82, 2.24) is 4.90 Å². The molecule has 5 heteroatoms. The first-order chi connectivity index (χ1) is 9.65. The number of hydrogen-bond acceptors (Lipinski definition) is 4. The predicted molar refractivity (Wildman–Crippen MR) is 83.0 cm³/mol. The largest absolute Gasteiger partial charge is 0.497 e. The summed E-state index contributed by atoms with van der Waals surface area (Å²) in [6.45, 7) is 7.42. The highest BCUT2D eigenvalue weighted by molar-refractivity contribution is 6.00. The Morgan fingerprint density at radius 2 is 2.00 bits per heavy atom. The van der Waals surface area contributed by atoms with Gasteiger partial charge in [0.1, 0.15) is 11.6 Å². The molecule has 0 spiro atoms. The number of piperazine rings is 1. The van der Waals surface area contributed by atoms with Gasteiger partial charge in [-0.1, -0.05) is 6.92 Å². The van der Waals surface area contributed by atoms with E-state index in [1.807, 2.05) is 18.2 Å². The van der Waals surface area contributed by atoms with Gasteiger partial charge in [0.2, 0.25) is 0 Å². The molecule has 1 heterocycles. The van der Waals surface area contributed by atoms with E-state index in [2.05, 4.69) is 16.7 Å². The highest BCUT2D eigenvalue weighted by Crippen LogP contribution is 2.27. The highest BCUT2D eigenvalue weighted by atomic mass is 16.5. The molecule has 0 unspecified atom stereocenters. The fraction of sp³-hybridized carbons (Fsp3) is 0.533. The van der Waals surface area contributed by atoms with Crippen molar-refractivity contribution in [2.75, 3.05) is 44.7 Å². The summed E-state index contributed by atoms with van der Waals surface area (Å²) < 4.78 is 5.29. The number of methoxy groups -OCH3 is 1. The van der Waals surface area contributed by atoms with Gasteiger partial charge in [0.25, 0.3) is 0 Å². The van der Waals surface area contributed by atoms with Gasteiger partial charge in [-0.05, 0) is 25.1 Å². The topological polar surface area (TPSA) is 65.6 Å². The fourth-order valence-electron chi connectivity index (χ4n) is 2.66. The molecule has 0 saturated carbocycles. The molecule has 0 amide bonds. The van der Waals surface area contributed by atoms with Crippen molar-refractivity contribution in [3.05, 3.63) is 23.8 Å². The lowest BCUT2D eigenvalue weighted by molar-refractivity contribution is 0.258. The number of anilines is 1. The third-order valence-corrected chi connectivity index (χ3v) is 3.75. The van der Waals surface area contributed by atoms with Gasteiger partial charge in [-0.3, -0.25) is 10.3 Å². The molecular weight excluding hydrogens is 252 g/mol. The minimum atomic E-state index is 0.110. The Hall–Kier alpha value is -1.75.